The van der Waals surface area contributed by atoms with Crippen molar-refractivity contribution in [1.82, 2.24) is 5.32 Å². The summed E-state index contributed by atoms with van der Waals surface area (Å²) in [7, 11) is 0. The van der Waals surface area contributed by atoms with Gasteiger partial charge in [0.1, 0.15) is 0 Å². The number of halogens is 1. The lowest BCUT2D eigenvalue weighted by molar-refractivity contribution is -0.121. The molecule has 3 N–H and O–H groups in total. The molecule has 5 nitrogen and oxygen atoms in total. The highest BCUT2D eigenvalue weighted by Crippen LogP contribution is 2.37. The van der Waals surface area contributed by atoms with Crippen molar-refractivity contribution in [3.05, 3.63) is 34.3 Å². The Balaban J connectivity index is 0.000000765. The molecule has 2 rings (SSSR count). The van der Waals surface area contributed by atoms with Crippen molar-refractivity contribution in [3.63, 3.8) is 0 Å². The van der Waals surface area contributed by atoms with E-state index < -0.39 is 6.16 Å². The van der Waals surface area contributed by atoms with Crippen molar-refractivity contribution < 1.29 is 19.8 Å². The summed E-state index contributed by atoms with van der Waals surface area (Å²) >= 11 is 6.21. The van der Waals surface area contributed by atoms with Crippen LogP contribution in [0.4, 0.5) is 4.79 Å². The number of carbonyl (C=O) groups is 2. The number of carbonyl (C=O) groups excluding carboxylic acids is 1. The smallest absolute Gasteiger partial charge is 0.450 e. The van der Waals surface area contributed by atoms with Gasteiger partial charge in [-0.15, -0.1) is 0 Å². The molecule has 146 valence electrons. The third-order valence-corrected chi connectivity index (χ3v) is 5.23. The lowest BCUT2D eigenvalue weighted by atomic mass is 9.71. The summed E-state index contributed by atoms with van der Waals surface area (Å²) in [5.74, 6) is 0.858. The standard InChI is InChI=1S/C19H28ClNO.CH2O3/c1-13-5-6-14(17(20)11-13)12-18(22)21-16-9-7-15(8-10-16)19(2,3)4;2-1(3)4/h5-6,11,15-16H,7-10,12H2,1-4H3,(H,21,22);(H2,2,3,4). The fourth-order valence-corrected chi connectivity index (χ4v) is 3.65. The normalized spacial score (nSPS) is 19.9. The van der Waals surface area contributed by atoms with Gasteiger partial charge in [0.2, 0.25) is 5.91 Å². The van der Waals surface area contributed by atoms with Crippen LogP contribution in [-0.4, -0.2) is 28.3 Å². The van der Waals surface area contributed by atoms with E-state index in [-0.39, 0.29) is 5.91 Å². The van der Waals surface area contributed by atoms with Crippen molar-refractivity contribution in [2.45, 2.75) is 65.8 Å². The molecule has 1 fully saturated rings. The van der Waals surface area contributed by atoms with Gasteiger partial charge >= 0.3 is 6.16 Å². The van der Waals surface area contributed by atoms with Gasteiger partial charge in [0, 0.05) is 11.1 Å². The second-order valence-electron chi connectivity index (χ2n) is 8.04. The van der Waals surface area contributed by atoms with E-state index in [4.69, 9.17) is 26.6 Å². The molecule has 0 spiro atoms. The third-order valence-electron chi connectivity index (χ3n) is 4.88. The lowest BCUT2D eigenvalue weighted by Crippen LogP contribution is -2.40. The molecule has 0 bridgehead atoms. The molecule has 0 aliphatic heterocycles. The van der Waals surface area contributed by atoms with E-state index >= 15 is 0 Å². The molecule has 1 aliphatic rings. The molecule has 1 aliphatic carbocycles. The number of benzene rings is 1. The SMILES string of the molecule is Cc1ccc(CC(=O)NC2CCC(C(C)(C)C)CC2)c(Cl)c1.O=C(O)O. The predicted molar refractivity (Wildman–Crippen MR) is 104 cm³/mol. The van der Waals surface area contributed by atoms with Gasteiger partial charge in [-0.2, -0.15) is 0 Å². The van der Waals surface area contributed by atoms with Gasteiger partial charge in [-0.3, -0.25) is 4.79 Å². The summed E-state index contributed by atoms with van der Waals surface area (Å²) in [5.41, 5.74) is 2.41. The minimum absolute atomic E-state index is 0.0879. The highest BCUT2D eigenvalue weighted by Gasteiger charge is 2.30. The van der Waals surface area contributed by atoms with Crippen LogP contribution in [0.5, 0.6) is 0 Å². The van der Waals surface area contributed by atoms with Crippen LogP contribution in [0.3, 0.4) is 0 Å². The molecular formula is C20H30ClNO4. The summed E-state index contributed by atoms with van der Waals surface area (Å²) in [6.07, 6.45) is 3.14. The Morgan fingerprint density at radius 3 is 2.15 bits per heavy atom. The predicted octanol–water partition coefficient (Wildman–Crippen LogP) is 5.13. The number of aryl methyl sites for hydroxylation is 1. The van der Waals surface area contributed by atoms with Crippen LogP contribution in [0.1, 0.15) is 57.6 Å². The first-order valence-corrected chi connectivity index (χ1v) is 9.33. The van der Waals surface area contributed by atoms with Crippen molar-refractivity contribution >= 4 is 23.7 Å². The van der Waals surface area contributed by atoms with Crippen LogP contribution in [0, 0.1) is 18.3 Å². The average Bonchev–Trinajstić information content (AvgIpc) is 2.49. The molecule has 0 saturated heterocycles. The zero-order valence-corrected chi connectivity index (χ0v) is 16.8. The molecule has 0 unspecified atom stereocenters. The minimum Gasteiger partial charge on any atom is -0.450 e. The monoisotopic (exact) mass is 383 g/mol. The van der Waals surface area contributed by atoms with Crippen molar-refractivity contribution in [2.75, 3.05) is 0 Å². The summed E-state index contributed by atoms with van der Waals surface area (Å²) in [5, 5.41) is 17.8. The van der Waals surface area contributed by atoms with E-state index in [9.17, 15) is 4.79 Å². The maximum Gasteiger partial charge on any atom is 0.503 e. The average molecular weight is 384 g/mol. The first-order chi connectivity index (χ1) is 12.0. The Bertz CT molecular complexity index is 613. The van der Waals surface area contributed by atoms with Gasteiger partial charge in [-0.1, -0.05) is 44.5 Å². The molecule has 0 aromatic heterocycles. The molecule has 0 radical (unpaired) electrons. The topological polar surface area (TPSA) is 86.6 Å². The number of nitrogens with one attached hydrogen (secondary N) is 1. The molecule has 1 saturated carbocycles. The molecule has 6 heteroatoms. The Morgan fingerprint density at radius 2 is 1.69 bits per heavy atom. The minimum atomic E-state index is -1.83. The summed E-state index contributed by atoms with van der Waals surface area (Å²) < 4.78 is 0. The van der Waals surface area contributed by atoms with Gasteiger partial charge in [0.25, 0.3) is 0 Å². The van der Waals surface area contributed by atoms with Crippen LogP contribution in [0.2, 0.25) is 5.02 Å². The number of hydrogen-bond acceptors (Lipinski definition) is 2. The highest BCUT2D eigenvalue weighted by atomic mass is 35.5. The fourth-order valence-electron chi connectivity index (χ4n) is 3.35. The van der Waals surface area contributed by atoms with E-state index in [1.807, 2.05) is 25.1 Å². The van der Waals surface area contributed by atoms with E-state index in [1.165, 1.54) is 12.8 Å². The summed E-state index contributed by atoms with van der Waals surface area (Å²) in [6, 6.07) is 6.20. The van der Waals surface area contributed by atoms with Crippen molar-refractivity contribution in [3.8, 4) is 0 Å². The summed E-state index contributed by atoms with van der Waals surface area (Å²) in [4.78, 5) is 20.8. The Kier molecular flexibility index (Phi) is 8.41. The molecule has 26 heavy (non-hydrogen) atoms. The quantitative estimate of drug-likeness (QED) is 0.674. The number of rotatable bonds is 3. The second kappa shape index (κ2) is 9.81. The Morgan fingerprint density at radius 1 is 1.15 bits per heavy atom. The zero-order chi connectivity index (χ0) is 19.9. The van der Waals surface area contributed by atoms with Crippen LogP contribution in [0.15, 0.2) is 18.2 Å². The molecule has 1 amide bonds. The van der Waals surface area contributed by atoms with Crippen LogP contribution >= 0.6 is 11.6 Å². The Hall–Kier alpha value is -1.75. The fraction of sp³-hybridized carbons (Fsp3) is 0.600. The third kappa shape index (κ3) is 8.09. The van der Waals surface area contributed by atoms with E-state index in [0.717, 1.165) is 29.9 Å². The van der Waals surface area contributed by atoms with Crippen molar-refractivity contribution in [2.24, 2.45) is 11.3 Å². The maximum atomic E-state index is 12.2. The van der Waals surface area contributed by atoms with E-state index in [0.29, 0.717) is 22.9 Å². The number of amides is 1. The van der Waals surface area contributed by atoms with E-state index in [1.54, 1.807) is 0 Å². The molecule has 0 atom stereocenters. The van der Waals surface area contributed by atoms with Crippen LogP contribution < -0.4 is 5.32 Å². The summed E-state index contributed by atoms with van der Waals surface area (Å²) in [6.45, 7) is 8.95. The lowest BCUT2D eigenvalue weighted by Gasteiger charge is -2.37. The van der Waals surface area contributed by atoms with Crippen molar-refractivity contribution in [1.29, 1.82) is 0 Å². The second-order valence-corrected chi connectivity index (χ2v) is 8.44. The van der Waals surface area contributed by atoms with Gasteiger partial charge in [0.05, 0.1) is 6.42 Å². The maximum absolute atomic E-state index is 12.2. The first kappa shape index (κ1) is 22.3. The first-order valence-electron chi connectivity index (χ1n) is 8.95. The molecular weight excluding hydrogens is 354 g/mol. The highest BCUT2D eigenvalue weighted by molar-refractivity contribution is 6.31. The zero-order valence-electron chi connectivity index (χ0n) is 16.0. The largest absolute Gasteiger partial charge is 0.503 e. The molecule has 1 aromatic rings. The van der Waals surface area contributed by atoms with Gasteiger partial charge in [-0.25, -0.2) is 4.79 Å². The van der Waals surface area contributed by atoms with Gasteiger partial charge in [0.15, 0.2) is 0 Å². The Labute approximate surface area is 160 Å². The van der Waals surface area contributed by atoms with Gasteiger partial charge in [-0.05, 0) is 61.1 Å². The molecule has 1 aromatic carbocycles. The van der Waals surface area contributed by atoms with Crippen LogP contribution in [-0.2, 0) is 11.2 Å². The number of carboxylic acid groups (broad SMARTS) is 2. The van der Waals surface area contributed by atoms with E-state index in [2.05, 4.69) is 26.1 Å². The van der Waals surface area contributed by atoms with Crippen LogP contribution in [0.25, 0.3) is 0 Å². The molecule has 0 heterocycles. The number of hydrogen-bond donors (Lipinski definition) is 3. The van der Waals surface area contributed by atoms with Gasteiger partial charge < -0.3 is 15.5 Å².